The van der Waals surface area contributed by atoms with Crippen LogP contribution in [0.3, 0.4) is 0 Å². The highest BCUT2D eigenvalue weighted by atomic mass is 15.0. The van der Waals surface area contributed by atoms with Crippen LogP contribution in [-0.4, -0.2) is 26.2 Å². The number of rotatable bonds is 0. The van der Waals surface area contributed by atoms with Gasteiger partial charge in [-0.1, -0.05) is 13.8 Å². The van der Waals surface area contributed by atoms with Gasteiger partial charge in [0, 0.05) is 26.2 Å². The van der Waals surface area contributed by atoms with E-state index in [4.69, 9.17) is 0 Å². The maximum atomic E-state index is 3.38. The van der Waals surface area contributed by atoms with Gasteiger partial charge < -0.3 is 10.6 Å². The molecule has 0 aromatic rings. The lowest BCUT2D eigenvalue weighted by atomic mass is 9.94. The first-order valence-corrected chi connectivity index (χ1v) is 3.62. The van der Waals surface area contributed by atoms with Crippen molar-refractivity contribution >= 4 is 0 Å². The molecule has 0 saturated carbocycles. The van der Waals surface area contributed by atoms with Crippen LogP contribution in [0.5, 0.6) is 0 Å². The summed E-state index contributed by atoms with van der Waals surface area (Å²) in [6, 6.07) is 0. The zero-order chi connectivity index (χ0) is 6.74. The lowest BCUT2D eigenvalue weighted by Gasteiger charge is -2.21. The largest absolute Gasteiger partial charge is 0.315 e. The molecule has 0 amide bonds. The third-order valence-electron chi connectivity index (χ3n) is 1.69. The zero-order valence-electron chi connectivity index (χ0n) is 6.33. The molecule has 2 nitrogen and oxygen atoms in total. The van der Waals surface area contributed by atoms with Crippen LogP contribution < -0.4 is 10.6 Å². The molecule has 0 aromatic heterocycles. The summed E-state index contributed by atoms with van der Waals surface area (Å²) in [6.45, 7) is 9.06. The van der Waals surface area contributed by atoms with Crippen LogP contribution >= 0.6 is 0 Å². The molecule has 54 valence electrons. The highest BCUT2D eigenvalue weighted by Gasteiger charge is 2.18. The van der Waals surface area contributed by atoms with E-state index < -0.39 is 0 Å². The van der Waals surface area contributed by atoms with Crippen LogP contribution in [0.25, 0.3) is 0 Å². The molecule has 0 atom stereocenters. The summed E-state index contributed by atoms with van der Waals surface area (Å²) in [5.74, 6) is 0. The Morgan fingerprint density at radius 3 is 1.89 bits per heavy atom. The van der Waals surface area contributed by atoms with Crippen molar-refractivity contribution in [3.8, 4) is 0 Å². The summed E-state index contributed by atoms with van der Waals surface area (Å²) in [7, 11) is 0. The van der Waals surface area contributed by atoms with Gasteiger partial charge in [0.15, 0.2) is 0 Å². The Balaban J connectivity index is 2.36. The van der Waals surface area contributed by atoms with E-state index in [2.05, 4.69) is 24.5 Å². The fraction of sp³-hybridized carbons (Fsp3) is 1.00. The third-order valence-corrected chi connectivity index (χ3v) is 1.69. The summed E-state index contributed by atoms with van der Waals surface area (Å²) < 4.78 is 0. The molecule has 1 aliphatic heterocycles. The number of hydrogen-bond acceptors (Lipinski definition) is 2. The summed E-state index contributed by atoms with van der Waals surface area (Å²) in [4.78, 5) is 0. The molecule has 0 aliphatic carbocycles. The van der Waals surface area contributed by atoms with Crippen molar-refractivity contribution in [2.75, 3.05) is 26.2 Å². The molecule has 1 aliphatic rings. The normalized spacial score (nSPS) is 27.3. The zero-order valence-corrected chi connectivity index (χ0v) is 6.33. The molecule has 0 unspecified atom stereocenters. The minimum atomic E-state index is 0.441. The first kappa shape index (κ1) is 7.03. The molecule has 0 spiro atoms. The predicted octanol–water partition coefficient (Wildman–Crippen LogP) is 0.205. The van der Waals surface area contributed by atoms with E-state index in [-0.39, 0.29) is 0 Å². The summed E-state index contributed by atoms with van der Waals surface area (Å²) in [5, 5.41) is 6.75. The minimum absolute atomic E-state index is 0.441. The van der Waals surface area contributed by atoms with E-state index in [0.717, 1.165) is 26.2 Å². The van der Waals surface area contributed by atoms with Gasteiger partial charge in [-0.3, -0.25) is 0 Å². The Labute approximate surface area is 57.0 Å². The van der Waals surface area contributed by atoms with Crippen molar-refractivity contribution < 1.29 is 0 Å². The van der Waals surface area contributed by atoms with Crippen LogP contribution in [0.2, 0.25) is 0 Å². The molecule has 0 radical (unpaired) electrons. The predicted molar refractivity (Wildman–Crippen MR) is 39.5 cm³/mol. The van der Waals surface area contributed by atoms with Crippen LogP contribution in [0.4, 0.5) is 0 Å². The smallest absolute Gasteiger partial charge is 0.00769 e. The first-order chi connectivity index (χ1) is 4.21. The van der Waals surface area contributed by atoms with Crippen LogP contribution in [0.15, 0.2) is 0 Å². The van der Waals surface area contributed by atoms with Gasteiger partial charge in [-0.25, -0.2) is 0 Å². The van der Waals surface area contributed by atoms with Crippen molar-refractivity contribution in [2.45, 2.75) is 13.8 Å². The maximum absolute atomic E-state index is 3.38. The van der Waals surface area contributed by atoms with E-state index in [0.29, 0.717) is 5.41 Å². The molecule has 1 saturated heterocycles. The van der Waals surface area contributed by atoms with Crippen molar-refractivity contribution in [3.05, 3.63) is 0 Å². The van der Waals surface area contributed by atoms with Gasteiger partial charge in [0.05, 0.1) is 0 Å². The Morgan fingerprint density at radius 1 is 1.00 bits per heavy atom. The SMILES string of the molecule is CC1(C)CNCCNC1. The van der Waals surface area contributed by atoms with Gasteiger partial charge in [0.2, 0.25) is 0 Å². The summed E-state index contributed by atoms with van der Waals surface area (Å²) in [5.41, 5.74) is 0.441. The van der Waals surface area contributed by atoms with E-state index in [9.17, 15) is 0 Å². The molecule has 0 aromatic carbocycles. The Kier molecular flexibility index (Phi) is 2.09. The van der Waals surface area contributed by atoms with Gasteiger partial charge in [0.1, 0.15) is 0 Å². The van der Waals surface area contributed by atoms with Crippen LogP contribution in [0, 0.1) is 5.41 Å². The van der Waals surface area contributed by atoms with Crippen LogP contribution in [0.1, 0.15) is 13.8 Å². The lowest BCUT2D eigenvalue weighted by molar-refractivity contribution is 0.356. The standard InChI is InChI=1S/C7H16N2/c1-7(2)5-8-3-4-9-6-7/h8-9H,3-6H2,1-2H3. The van der Waals surface area contributed by atoms with Gasteiger partial charge in [-0.2, -0.15) is 0 Å². The molecule has 2 heteroatoms. The van der Waals surface area contributed by atoms with Crippen molar-refractivity contribution in [1.82, 2.24) is 10.6 Å². The average molecular weight is 128 g/mol. The molecular weight excluding hydrogens is 112 g/mol. The van der Waals surface area contributed by atoms with Gasteiger partial charge in [-0.15, -0.1) is 0 Å². The highest BCUT2D eigenvalue weighted by Crippen LogP contribution is 2.11. The summed E-state index contributed by atoms with van der Waals surface area (Å²) in [6.07, 6.45) is 0. The second-order valence-corrected chi connectivity index (χ2v) is 3.52. The minimum Gasteiger partial charge on any atom is -0.315 e. The van der Waals surface area contributed by atoms with Crippen molar-refractivity contribution in [1.29, 1.82) is 0 Å². The van der Waals surface area contributed by atoms with E-state index >= 15 is 0 Å². The maximum Gasteiger partial charge on any atom is 0.00769 e. The molecule has 2 N–H and O–H groups in total. The Hall–Kier alpha value is -0.0800. The molecule has 1 rings (SSSR count). The lowest BCUT2D eigenvalue weighted by Crippen LogP contribution is -2.31. The third kappa shape index (κ3) is 2.33. The Bertz CT molecular complexity index is 78.9. The van der Waals surface area contributed by atoms with Crippen molar-refractivity contribution in [3.63, 3.8) is 0 Å². The topological polar surface area (TPSA) is 24.1 Å². The first-order valence-electron chi connectivity index (χ1n) is 3.62. The molecular formula is C7H16N2. The van der Waals surface area contributed by atoms with Crippen LogP contribution in [-0.2, 0) is 0 Å². The quantitative estimate of drug-likeness (QED) is 0.487. The van der Waals surface area contributed by atoms with Gasteiger partial charge >= 0.3 is 0 Å². The fourth-order valence-corrected chi connectivity index (χ4v) is 1.09. The monoisotopic (exact) mass is 128 g/mol. The van der Waals surface area contributed by atoms with E-state index in [1.54, 1.807) is 0 Å². The van der Waals surface area contributed by atoms with E-state index in [1.807, 2.05) is 0 Å². The van der Waals surface area contributed by atoms with Crippen molar-refractivity contribution in [2.24, 2.45) is 5.41 Å². The van der Waals surface area contributed by atoms with Gasteiger partial charge in [-0.05, 0) is 5.41 Å². The molecule has 1 fully saturated rings. The molecule has 0 bridgehead atoms. The number of hydrogen-bond donors (Lipinski definition) is 2. The highest BCUT2D eigenvalue weighted by molar-refractivity contribution is 4.77. The second kappa shape index (κ2) is 2.67. The fourth-order valence-electron chi connectivity index (χ4n) is 1.09. The average Bonchev–Trinajstić information content (AvgIpc) is 1.92. The Morgan fingerprint density at radius 2 is 1.44 bits per heavy atom. The summed E-state index contributed by atoms with van der Waals surface area (Å²) >= 11 is 0. The van der Waals surface area contributed by atoms with Gasteiger partial charge in [0.25, 0.3) is 0 Å². The second-order valence-electron chi connectivity index (χ2n) is 3.52. The molecule has 1 heterocycles. The van der Waals surface area contributed by atoms with E-state index in [1.165, 1.54) is 0 Å². The molecule has 9 heavy (non-hydrogen) atoms. The number of nitrogens with one attached hydrogen (secondary N) is 2.